The molecule has 1 fully saturated rings. The second kappa shape index (κ2) is 8.68. The summed E-state index contributed by atoms with van der Waals surface area (Å²) in [6.07, 6.45) is 4.98. The largest absolute Gasteiger partial charge is 0.366 e. The number of ketones is 1. The number of hydrogen-bond acceptors (Lipinski definition) is 5. The lowest BCUT2D eigenvalue weighted by Crippen LogP contribution is -2.36. The fourth-order valence-corrected chi connectivity index (χ4v) is 4.54. The average molecular weight is 405 g/mol. The van der Waals surface area contributed by atoms with Gasteiger partial charge in [-0.15, -0.1) is 11.3 Å². The van der Waals surface area contributed by atoms with Gasteiger partial charge in [0.15, 0.2) is 5.78 Å². The Labute approximate surface area is 174 Å². The molecule has 29 heavy (non-hydrogen) atoms. The van der Waals surface area contributed by atoms with Crippen LogP contribution in [0.15, 0.2) is 54.6 Å². The summed E-state index contributed by atoms with van der Waals surface area (Å²) in [5.74, 6) is -0.546. The summed E-state index contributed by atoms with van der Waals surface area (Å²) in [5.41, 5.74) is 8.06. The van der Waals surface area contributed by atoms with Crippen molar-refractivity contribution in [3.05, 3.63) is 72.3 Å². The normalized spacial score (nSPS) is 16.5. The molecule has 0 spiro atoms. The Bertz CT molecular complexity index is 1010. The Hall–Kier alpha value is -2.83. The van der Waals surface area contributed by atoms with E-state index in [0.717, 1.165) is 46.8 Å². The van der Waals surface area contributed by atoms with Crippen LogP contribution in [0, 0.1) is 6.42 Å². The van der Waals surface area contributed by atoms with Crippen LogP contribution in [0.5, 0.6) is 0 Å². The van der Waals surface area contributed by atoms with Crippen LogP contribution in [0.1, 0.15) is 40.1 Å². The molecule has 4 rings (SSSR count). The minimum Gasteiger partial charge on any atom is -0.366 e. The summed E-state index contributed by atoms with van der Waals surface area (Å²) in [5, 5.41) is 4.18. The zero-order chi connectivity index (χ0) is 20.2. The van der Waals surface area contributed by atoms with E-state index in [0.29, 0.717) is 11.3 Å². The molecule has 2 heterocycles. The molecule has 2 aromatic carbocycles. The van der Waals surface area contributed by atoms with Gasteiger partial charge in [-0.1, -0.05) is 48.9 Å². The van der Waals surface area contributed by atoms with Crippen LogP contribution in [-0.2, 0) is 0 Å². The number of benzene rings is 2. The van der Waals surface area contributed by atoms with Crippen molar-refractivity contribution in [2.75, 3.05) is 6.54 Å². The molecule has 1 saturated heterocycles. The first kappa shape index (κ1) is 19.5. The highest BCUT2D eigenvalue weighted by Gasteiger charge is 2.24. The predicted octanol–water partition coefficient (Wildman–Crippen LogP) is 4.11. The van der Waals surface area contributed by atoms with Gasteiger partial charge < -0.3 is 11.1 Å². The van der Waals surface area contributed by atoms with E-state index in [1.807, 2.05) is 42.5 Å². The van der Waals surface area contributed by atoms with Gasteiger partial charge in [0, 0.05) is 17.2 Å². The summed E-state index contributed by atoms with van der Waals surface area (Å²) in [6.45, 7) is 0.933. The average Bonchev–Trinajstić information content (AvgIpc) is 3.21. The third-order valence-electron chi connectivity index (χ3n) is 5.01. The van der Waals surface area contributed by atoms with Crippen molar-refractivity contribution in [3.63, 3.8) is 0 Å². The molecule has 1 aromatic heterocycles. The van der Waals surface area contributed by atoms with E-state index in [1.54, 1.807) is 18.6 Å². The molecular weight excluding hydrogens is 382 g/mol. The number of nitrogens with zero attached hydrogens (tertiary/aromatic N) is 1. The summed E-state index contributed by atoms with van der Waals surface area (Å²) >= 11 is 1.48. The quantitative estimate of drug-likeness (QED) is 0.606. The molecule has 5 nitrogen and oxygen atoms in total. The fourth-order valence-electron chi connectivity index (χ4n) is 3.46. The lowest BCUT2D eigenvalue weighted by Gasteiger charge is -2.22. The molecule has 1 aliphatic heterocycles. The molecular formula is C23H22N3O2S. The van der Waals surface area contributed by atoms with Gasteiger partial charge in [0.25, 0.3) is 0 Å². The Morgan fingerprint density at radius 3 is 2.45 bits per heavy atom. The van der Waals surface area contributed by atoms with Crippen molar-refractivity contribution >= 4 is 23.0 Å². The molecule has 1 unspecified atom stereocenters. The fraction of sp³-hybridized carbons (Fsp3) is 0.217. The topological polar surface area (TPSA) is 85.1 Å². The number of amides is 1. The van der Waals surface area contributed by atoms with E-state index in [2.05, 4.69) is 5.32 Å². The molecule has 6 heteroatoms. The maximum Gasteiger partial charge on any atom is 0.248 e. The van der Waals surface area contributed by atoms with Crippen molar-refractivity contribution in [1.82, 2.24) is 10.3 Å². The molecule has 147 valence electrons. The second-order valence-electron chi connectivity index (χ2n) is 7.09. The molecule has 0 bridgehead atoms. The van der Waals surface area contributed by atoms with E-state index in [9.17, 15) is 9.59 Å². The molecule has 1 radical (unpaired) electrons. The van der Waals surface area contributed by atoms with Gasteiger partial charge in [0.2, 0.25) is 5.91 Å². The number of carbonyl (C=O) groups is 2. The monoisotopic (exact) mass is 404 g/mol. The van der Waals surface area contributed by atoms with E-state index >= 15 is 0 Å². The number of rotatable bonds is 6. The highest BCUT2D eigenvalue weighted by Crippen LogP contribution is 2.36. The first-order valence-corrected chi connectivity index (χ1v) is 10.5. The van der Waals surface area contributed by atoms with Crippen LogP contribution in [0.3, 0.4) is 0 Å². The number of aromatic nitrogens is 1. The zero-order valence-corrected chi connectivity index (χ0v) is 16.7. The van der Waals surface area contributed by atoms with Crippen LogP contribution < -0.4 is 11.1 Å². The van der Waals surface area contributed by atoms with Gasteiger partial charge >= 0.3 is 0 Å². The van der Waals surface area contributed by atoms with Gasteiger partial charge in [-0.2, -0.15) is 0 Å². The molecule has 3 aromatic rings. The molecule has 1 aliphatic rings. The molecule has 0 aliphatic carbocycles. The smallest absolute Gasteiger partial charge is 0.248 e. The number of nitrogens with one attached hydrogen (secondary N) is 1. The van der Waals surface area contributed by atoms with E-state index < -0.39 is 5.91 Å². The molecule has 1 atom stereocenters. The van der Waals surface area contributed by atoms with Crippen LogP contribution in [0.4, 0.5) is 0 Å². The van der Waals surface area contributed by atoms with E-state index in [1.165, 1.54) is 11.3 Å². The summed E-state index contributed by atoms with van der Waals surface area (Å²) in [4.78, 5) is 30.0. The Morgan fingerprint density at radius 2 is 1.79 bits per heavy atom. The minimum absolute atomic E-state index is 0.0724. The Kier molecular flexibility index (Phi) is 5.83. The first-order valence-electron chi connectivity index (χ1n) is 9.71. The van der Waals surface area contributed by atoms with Gasteiger partial charge in [-0.25, -0.2) is 4.98 Å². The lowest BCUT2D eigenvalue weighted by molar-refractivity contribution is 0.0995. The molecule has 1 amide bonds. The van der Waals surface area contributed by atoms with Gasteiger partial charge in [-0.3, -0.25) is 9.59 Å². The standard InChI is InChI=1S/C23H22N3O2S/c24-22(28)16-11-9-15(10-12-16)21-20(19(27)14-18-8-4-5-13-25-18)26-23(29-21)17-6-2-1-3-7-17/h1-3,6-7,9-12,14,18,25H,4-5,8,13H2,(H2,24,28). The number of hydrogen-bond donors (Lipinski definition) is 2. The van der Waals surface area contributed by atoms with Crippen molar-refractivity contribution < 1.29 is 9.59 Å². The van der Waals surface area contributed by atoms with Gasteiger partial charge in [-0.05, 0) is 37.1 Å². The summed E-state index contributed by atoms with van der Waals surface area (Å²) in [7, 11) is 0. The number of Topliss-reactive ketones (excluding diaryl/α,β-unsaturated/α-hetero) is 1. The number of piperidine rings is 1. The number of nitrogens with two attached hydrogens (primary N) is 1. The van der Waals surface area contributed by atoms with E-state index in [-0.39, 0.29) is 11.8 Å². The predicted molar refractivity (Wildman–Crippen MR) is 116 cm³/mol. The van der Waals surface area contributed by atoms with Gasteiger partial charge in [0.1, 0.15) is 10.7 Å². The first-order chi connectivity index (χ1) is 14.1. The molecule has 0 saturated carbocycles. The summed E-state index contributed by atoms with van der Waals surface area (Å²) < 4.78 is 0. The number of carbonyl (C=O) groups excluding carboxylic acids is 2. The zero-order valence-electron chi connectivity index (χ0n) is 15.9. The van der Waals surface area contributed by atoms with Crippen molar-refractivity contribution in [2.24, 2.45) is 5.73 Å². The highest BCUT2D eigenvalue weighted by molar-refractivity contribution is 7.18. The van der Waals surface area contributed by atoms with Crippen molar-refractivity contribution in [3.8, 4) is 21.0 Å². The third-order valence-corrected chi connectivity index (χ3v) is 6.17. The third kappa shape index (κ3) is 4.44. The van der Waals surface area contributed by atoms with Crippen molar-refractivity contribution in [1.29, 1.82) is 0 Å². The maximum atomic E-state index is 13.1. The second-order valence-corrected chi connectivity index (χ2v) is 8.09. The summed E-state index contributed by atoms with van der Waals surface area (Å²) in [6, 6.07) is 16.9. The lowest BCUT2D eigenvalue weighted by atomic mass is 9.98. The number of primary amides is 1. The number of thiazole rings is 1. The minimum atomic E-state index is -0.473. The van der Waals surface area contributed by atoms with Crippen LogP contribution in [0.25, 0.3) is 21.0 Å². The molecule has 3 N–H and O–H groups in total. The Morgan fingerprint density at radius 1 is 1.03 bits per heavy atom. The van der Waals surface area contributed by atoms with E-state index in [4.69, 9.17) is 10.7 Å². The SMILES string of the molecule is NC(=O)c1ccc(-c2sc(-c3ccccc3)nc2C(=O)[CH]C2CCCCN2)cc1. The Balaban J connectivity index is 1.70. The van der Waals surface area contributed by atoms with Crippen LogP contribution in [0.2, 0.25) is 0 Å². The van der Waals surface area contributed by atoms with Crippen LogP contribution >= 0.6 is 11.3 Å². The van der Waals surface area contributed by atoms with Crippen molar-refractivity contribution in [2.45, 2.75) is 25.3 Å². The highest BCUT2D eigenvalue weighted by atomic mass is 32.1. The maximum absolute atomic E-state index is 13.1. The van der Waals surface area contributed by atoms with Gasteiger partial charge in [0.05, 0.1) is 11.3 Å². The van der Waals surface area contributed by atoms with Crippen LogP contribution in [-0.4, -0.2) is 29.3 Å².